The van der Waals surface area contributed by atoms with E-state index < -0.39 is 6.10 Å². The summed E-state index contributed by atoms with van der Waals surface area (Å²) in [4.78, 5) is 31.0. The fraction of sp³-hybridized carbons (Fsp3) is 0.222. The first-order valence-electron chi connectivity index (χ1n) is 8.10. The van der Waals surface area contributed by atoms with Crippen molar-refractivity contribution in [2.75, 3.05) is 5.32 Å². The molecule has 0 fully saturated rings. The van der Waals surface area contributed by atoms with E-state index >= 15 is 0 Å². The molecule has 26 heavy (non-hydrogen) atoms. The van der Waals surface area contributed by atoms with E-state index in [-0.39, 0.29) is 17.4 Å². The molecule has 0 unspecified atom stereocenters. The lowest BCUT2D eigenvalue weighted by Crippen LogP contribution is -2.31. The minimum Gasteiger partial charge on any atom is -0.481 e. The highest BCUT2D eigenvalue weighted by Crippen LogP contribution is 2.16. The lowest BCUT2D eigenvalue weighted by atomic mass is 10.3. The number of carbonyl (C=O) groups is 1. The van der Waals surface area contributed by atoms with Crippen molar-refractivity contribution < 1.29 is 9.53 Å². The number of aromatic amines is 1. The van der Waals surface area contributed by atoms with Gasteiger partial charge in [0.05, 0.1) is 5.69 Å². The first kappa shape index (κ1) is 17.4. The standard InChI is InChI=1S/C18H19N5O3/c1-11-10-16(24)21-18(19-11)23-15(9-12(2)22-23)20-17(25)13(3)26-14-7-5-4-6-8-14/h4-10,13H,1-3H3,(H,20,25)(H,19,21,24)/t13-/m1/s1. The van der Waals surface area contributed by atoms with Crippen molar-refractivity contribution in [3.8, 4) is 11.7 Å². The maximum absolute atomic E-state index is 12.5. The van der Waals surface area contributed by atoms with Gasteiger partial charge in [-0.3, -0.25) is 14.6 Å². The highest BCUT2D eigenvalue weighted by Gasteiger charge is 2.18. The van der Waals surface area contributed by atoms with E-state index in [1.807, 2.05) is 18.2 Å². The monoisotopic (exact) mass is 353 g/mol. The van der Waals surface area contributed by atoms with E-state index in [0.717, 1.165) is 0 Å². The summed E-state index contributed by atoms with van der Waals surface area (Å²) in [6, 6.07) is 12.2. The number of para-hydroxylation sites is 1. The number of aromatic nitrogens is 4. The molecule has 0 aliphatic carbocycles. The van der Waals surface area contributed by atoms with Gasteiger partial charge in [-0.1, -0.05) is 18.2 Å². The quantitative estimate of drug-likeness (QED) is 0.730. The van der Waals surface area contributed by atoms with Gasteiger partial charge in [0.15, 0.2) is 6.10 Å². The van der Waals surface area contributed by atoms with E-state index in [9.17, 15) is 9.59 Å². The first-order chi connectivity index (χ1) is 12.4. The molecule has 134 valence electrons. The van der Waals surface area contributed by atoms with E-state index in [0.29, 0.717) is 23.0 Å². The number of nitrogens with one attached hydrogen (secondary N) is 2. The van der Waals surface area contributed by atoms with Gasteiger partial charge >= 0.3 is 0 Å². The molecule has 2 aromatic heterocycles. The second-order valence-electron chi connectivity index (χ2n) is 5.86. The zero-order valence-electron chi connectivity index (χ0n) is 14.7. The van der Waals surface area contributed by atoms with Crippen LogP contribution in [0.15, 0.2) is 47.3 Å². The van der Waals surface area contributed by atoms with Crippen molar-refractivity contribution >= 4 is 11.7 Å². The summed E-state index contributed by atoms with van der Waals surface area (Å²) in [5.74, 6) is 0.884. The van der Waals surface area contributed by atoms with Crippen molar-refractivity contribution in [1.29, 1.82) is 0 Å². The summed E-state index contributed by atoms with van der Waals surface area (Å²) >= 11 is 0. The predicted molar refractivity (Wildman–Crippen MR) is 96.6 cm³/mol. The Hall–Kier alpha value is -3.42. The van der Waals surface area contributed by atoms with Crippen molar-refractivity contribution in [1.82, 2.24) is 19.7 Å². The van der Waals surface area contributed by atoms with Crippen LogP contribution in [0.2, 0.25) is 0 Å². The van der Waals surface area contributed by atoms with Gasteiger partial charge in [0.25, 0.3) is 11.5 Å². The number of carbonyl (C=O) groups excluding carboxylic acids is 1. The van der Waals surface area contributed by atoms with Gasteiger partial charge in [-0.2, -0.15) is 9.78 Å². The maximum atomic E-state index is 12.5. The molecule has 0 bridgehead atoms. The molecule has 1 amide bonds. The number of hydrogen-bond donors (Lipinski definition) is 2. The first-order valence-corrected chi connectivity index (χ1v) is 8.10. The summed E-state index contributed by atoms with van der Waals surface area (Å²) in [6.45, 7) is 5.15. The molecule has 0 spiro atoms. The molecule has 3 rings (SSSR count). The minimum atomic E-state index is -0.717. The second kappa shape index (κ2) is 7.22. The Morgan fingerprint density at radius 2 is 1.92 bits per heavy atom. The van der Waals surface area contributed by atoms with Gasteiger partial charge in [-0.25, -0.2) is 4.98 Å². The van der Waals surface area contributed by atoms with Crippen LogP contribution in [0.5, 0.6) is 5.75 Å². The maximum Gasteiger partial charge on any atom is 0.266 e. The molecule has 2 heterocycles. The van der Waals surface area contributed by atoms with Gasteiger partial charge in [-0.15, -0.1) is 0 Å². The largest absolute Gasteiger partial charge is 0.481 e. The van der Waals surface area contributed by atoms with Crippen molar-refractivity contribution in [2.45, 2.75) is 26.9 Å². The van der Waals surface area contributed by atoms with Crippen LogP contribution in [0.1, 0.15) is 18.3 Å². The summed E-state index contributed by atoms with van der Waals surface area (Å²) in [5.41, 5.74) is 0.926. The zero-order chi connectivity index (χ0) is 18.7. The highest BCUT2D eigenvalue weighted by molar-refractivity contribution is 5.93. The normalized spacial score (nSPS) is 11.8. The summed E-state index contributed by atoms with van der Waals surface area (Å²) in [5, 5.41) is 7.05. The number of aryl methyl sites for hydroxylation is 2. The number of anilines is 1. The van der Waals surface area contributed by atoms with Gasteiger partial charge in [0.1, 0.15) is 11.6 Å². The smallest absolute Gasteiger partial charge is 0.266 e. The molecule has 8 nitrogen and oxygen atoms in total. The molecule has 3 aromatic rings. The summed E-state index contributed by atoms with van der Waals surface area (Å²) < 4.78 is 7.01. The molecule has 0 aliphatic heterocycles. The lowest BCUT2D eigenvalue weighted by molar-refractivity contribution is -0.122. The summed E-state index contributed by atoms with van der Waals surface area (Å²) in [6.07, 6.45) is -0.717. The molecular formula is C18H19N5O3. The van der Waals surface area contributed by atoms with Crippen LogP contribution in [0.25, 0.3) is 5.95 Å². The molecule has 0 aliphatic rings. The van der Waals surface area contributed by atoms with Crippen LogP contribution in [0.4, 0.5) is 5.82 Å². The molecule has 8 heteroatoms. The minimum absolute atomic E-state index is 0.232. The van der Waals surface area contributed by atoms with Gasteiger partial charge in [-0.05, 0) is 32.9 Å². The average Bonchev–Trinajstić information content (AvgIpc) is 2.95. The predicted octanol–water partition coefficient (Wildman–Crippen LogP) is 1.98. The fourth-order valence-corrected chi connectivity index (χ4v) is 2.40. The number of amides is 1. The van der Waals surface area contributed by atoms with Crippen molar-refractivity contribution in [3.63, 3.8) is 0 Å². The number of hydrogen-bond acceptors (Lipinski definition) is 5. The molecule has 0 saturated heterocycles. The van der Waals surface area contributed by atoms with Crippen LogP contribution in [-0.4, -0.2) is 31.8 Å². The Labute approximate surface area is 149 Å². The SMILES string of the molecule is Cc1cc(=O)[nH]c(-n2nc(C)cc2NC(=O)[C@@H](C)Oc2ccccc2)n1. The Morgan fingerprint density at radius 3 is 2.62 bits per heavy atom. The van der Waals surface area contributed by atoms with Crippen molar-refractivity contribution in [2.24, 2.45) is 0 Å². The van der Waals surface area contributed by atoms with Crippen LogP contribution in [0.3, 0.4) is 0 Å². The second-order valence-corrected chi connectivity index (χ2v) is 5.86. The highest BCUT2D eigenvalue weighted by atomic mass is 16.5. The molecule has 1 aromatic carbocycles. The molecule has 0 saturated carbocycles. The summed E-state index contributed by atoms with van der Waals surface area (Å²) in [7, 11) is 0. The number of benzene rings is 1. The van der Waals surface area contributed by atoms with Crippen LogP contribution in [-0.2, 0) is 4.79 Å². The Bertz CT molecular complexity index is 978. The third-order valence-electron chi connectivity index (χ3n) is 3.57. The Morgan fingerprint density at radius 1 is 1.19 bits per heavy atom. The number of rotatable bonds is 5. The number of nitrogens with zero attached hydrogens (tertiary/aromatic N) is 3. The van der Waals surface area contributed by atoms with Crippen LogP contribution in [0, 0.1) is 13.8 Å². The van der Waals surface area contributed by atoms with Crippen LogP contribution >= 0.6 is 0 Å². The number of H-pyrrole nitrogens is 1. The van der Waals surface area contributed by atoms with E-state index in [2.05, 4.69) is 20.4 Å². The zero-order valence-corrected chi connectivity index (χ0v) is 14.7. The Kier molecular flexibility index (Phi) is 4.83. The molecule has 1 atom stereocenters. The van der Waals surface area contributed by atoms with E-state index in [4.69, 9.17) is 4.74 Å². The molecule has 0 radical (unpaired) electrons. The third kappa shape index (κ3) is 3.97. The fourth-order valence-electron chi connectivity index (χ4n) is 2.40. The van der Waals surface area contributed by atoms with Gasteiger partial charge < -0.3 is 10.1 Å². The molecule has 2 N–H and O–H groups in total. The average molecular weight is 353 g/mol. The third-order valence-corrected chi connectivity index (χ3v) is 3.57. The van der Waals surface area contributed by atoms with Gasteiger partial charge in [0.2, 0.25) is 5.95 Å². The lowest BCUT2D eigenvalue weighted by Gasteiger charge is -2.15. The number of ether oxygens (including phenoxy) is 1. The molecular weight excluding hydrogens is 334 g/mol. The van der Waals surface area contributed by atoms with Crippen LogP contribution < -0.4 is 15.6 Å². The topological polar surface area (TPSA) is 102 Å². The van der Waals surface area contributed by atoms with E-state index in [1.54, 1.807) is 39.0 Å². The van der Waals surface area contributed by atoms with Gasteiger partial charge in [0, 0.05) is 17.8 Å². The van der Waals surface area contributed by atoms with E-state index in [1.165, 1.54) is 10.7 Å². The van der Waals surface area contributed by atoms with Crippen molar-refractivity contribution in [3.05, 3.63) is 64.2 Å². The Balaban J connectivity index is 1.81.